The first-order chi connectivity index (χ1) is 16.4. The summed E-state index contributed by atoms with van der Waals surface area (Å²) in [6.45, 7) is 3.99. The molecule has 1 spiro atoms. The minimum absolute atomic E-state index is 0.0683. The number of pyridine rings is 1. The van der Waals surface area contributed by atoms with Crippen molar-refractivity contribution < 1.29 is 18.3 Å². The molecule has 11 nitrogen and oxygen atoms in total. The highest BCUT2D eigenvalue weighted by Gasteiger charge is 2.47. The minimum Gasteiger partial charge on any atom is -0.407 e. The summed E-state index contributed by atoms with van der Waals surface area (Å²) in [5.74, 6) is 1.27. The van der Waals surface area contributed by atoms with Gasteiger partial charge in [0, 0.05) is 25.1 Å². The van der Waals surface area contributed by atoms with Crippen LogP contribution in [0.15, 0.2) is 40.7 Å². The molecular formula is C22H25N7O4S. The zero-order chi connectivity index (χ0) is 23.9. The number of carbonyl (C=O) groups is 1. The molecule has 0 aromatic carbocycles. The van der Waals surface area contributed by atoms with E-state index in [1.807, 2.05) is 18.0 Å². The normalized spacial score (nSPS) is 17.9. The highest BCUT2D eigenvalue weighted by Crippen LogP contribution is 2.45. The Labute approximate surface area is 198 Å². The second kappa shape index (κ2) is 8.76. The Bertz CT molecular complexity index is 1300. The summed E-state index contributed by atoms with van der Waals surface area (Å²) in [5.41, 5.74) is 0.712. The van der Waals surface area contributed by atoms with Crippen molar-refractivity contribution in [2.24, 2.45) is 5.10 Å². The van der Waals surface area contributed by atoms with Gasteiger partial charge in [-0.05, 0) is 38.0 Å². The molecule has 3 aromatic rings. The fourth-order valence-corrected chi connectivity index (χ4v) is 5.07. The maximum Gasteiger partial charge on any atom is 0.309 e. The number of hydrogen-bond donors (Lipinski definition) is 2. The van der Waals surface area contributed by atoms with Crippen molar-refractivity contribution in [3.05, 3.63) is 30.6 Å². The van der Waals surface area contributed by atoms with Crippen LogP contribution in [0.5, 0.6) is 0 Å². The van der Waals surface area contributed by atoms with Crippen molar-refractivity contribution in [2.45, 2.75) is 56.5 Å². The summed E-state index contributed by atoms with van der Waals surface area (Å²) in [6, 6.07) is 5.12. The number of ether oxygens (including phenoxy) is 1. The molecule has 2 aliphatic rings. The maximum atomic E-state index is 12.0. The zero-order valence-corrected chi connectivity index (χ0v) is 19.7. The van der Waals surface area contributed by atoms with Crippen molar-refractivity contribution >= 4 is 51.4 Å². The van der Waals surface area contributed by atoms with E-state index in [9.17, 15) is 9.00 Å². The van der Waals surface area contributed by atoms with Crippen LogP contribution in [0.1, 0.15) is 46.0 Å². The van der Waals surface area contributed by atoms with E-state index in [1.54, 1.807) is 12.3 Å². The number of fused-ring (bicyclic) bond motifs is 4. The smallest absolute Gasteiger partial charge is 0.309 e. The van der Waals surface area contributed by atoms with Gasteiger partial charge in [-0.2, -0.15) is 4.98 Å². The van der Waals surface area contributed by atoms with Gasteiger partial charge in [0.2, 0.25) is 22.9 Å². The van der Waals surface area contributed by atoms with Crippen LogP contribution >= 0.6 is 0 Å². The SMILES string of the molecule is CCN1N=C(OC(C)=O)C2(CCCCC2)n2c1cc1cnc(Nc3ccc(S(=O)O)nc3)nc12. The van der Waals surface area contributed by atoms with E-state index in [-0.39, 0.29) is 5.03 Å². The average molecular weight is 484 g/mol. The Morgan fingerprint density at radius 2 is 2.03 bits per heavy atom. The van der Waals surface area contributed by atoms with Gasteiger partial charge < -0.3 is 14.6 Å². The molecule has 2 N–H and O–H groups in total. The first-order valence-electron chi connectivity index (χ1n) is 11.2. The molecular weight excluding hydrogens is 458 g/mol. The Balaban J connectivity index is 1.61. The van der Waals surface area contributed by atoms with Crippen LogP contribution < -0.4 is 10.3 Å². The van der Waals surface area contributed by atoms with Crippen LogP contribution in [0, 0.1) is 0 Å². The summed E-state index contributed by atoms with van der Waals surface area (Å²) >= 11 is -2.14. The van der Waals surface area contributed by atoms with Gasteiger partial charge in [0.15, 0.2) is 5.03 Å². The Morgan fingerprint density at radius 3 is 2.68 bits per heavy atom. The van der Waals surface area contributed by atoms with E-state index in [4.69, 9.17) is 19.4 Å². The molecule has 1 unspecified atom stereocenters. The van der Waals surface area contributed by atoms with Gasteiger partial charge in [0.1, 0.15) is 17.0 Å². The summed E-state index contributed by atoms with van der Waals surface area (Å²) in [5, 5.41) is 10.6. The van der Waals surface area contributed by atoms with E-state index in [0.717, 1.165) is 43.3 Å². The van der Waals surface area contributed by atoms with Gasteiger partial charge in [-0.25, -0.2) is 19.2 Å². The molecule has 1 aliphatic heterocycles. The predicted octanol–water partition coefficient (Wildman–Crippen LogP) is 3.53. The molecule has 1 aliphatic carbocycles. The van der Waals surface area contributed by atoms with Gasteiger partial charge in [0.05, 0.1) is 11.9 Å². The van der Waals surface area contributed by atoms with E-state index in [1.165, 1.54) is 19.2 Å². The fourth-order valence-electron chi connectivity index (χ4n) is 4.74. The van der Waals surface area contributed by atoms with Gasteiger partial charge in [0.25, 0.3) is 0 Å². The molecule has 0 amide bonds. The molecule has 0 bridgehead atoms. The molecule has 178 valence electrons. The number of carbonyl (C=O) groups excluding carboxylic acids is 1. The minimum atomic E-state index is -2.14. The summed E-state index contributed by atoms with van der Waals surface area (Å²) < 4.78 is 28.2. The van der Waals surface area contributed by atoms with Crippen molar-refractivity contribution in [3.8, 4) is 0 Å². The summed E-state index contributed by atoms with van der Waals surface area (Å²) in [7, 11) is 0. The largest absolute Gasteiger partial charge is 0.407 e. The van der Waals surface area contributed by atoms with Crippen LogP contribution in [0.2, 0.25) is 0 Å². The maximum absolute atomic E-state index is 12.0. The first kappa shape index (κ1) is 22.4. The number of nitrogens with one attached hydrogen (secondary N) is 1. The van der Waals surface area contributed by atoms with Crippen molar-refractivity contribution in [3.63, 3.8) is 0 Å². The fraction of sp³-hybridized carbons (Fsp3) is 0.409. The van der Waals surface area contributed by atoms with E-state index >= 15 is 0 Å². The monoisotopic (exact) mass is 483 g/mol. The lowest BCUT2D eigenvalue weighted by molar-refractivity contribution is -0.133. The Hall–Kier alpha value is -3.38. The zero-order valence-electron chi connectivity index (χ0n) is 18.9. The van der Waals surface area contributed by atoms with Crippen LogP contribution in [0.4, 0.5) is 17.5 Å². The van der Waals surface area contributed by atoms with Gasteiger partial charge in [-0.3, -0.25) is 9.36 Å². The van der Waals surface area contributed by atoms with E-state index in [0.29, 0.717) is 29.7 Å². The number of hydrazone groups is 1. The number of aromatic nitrogens is 4. The second-order valence-electron chi connectivity index (χ2n) is 8.38. The number of anilines is 3. The lowest BCUT2D eigenvalue weighted by atomic mass is 9.80. The van der Waals surface area contributed by atoms with Gasteiger partial charge in [-0.15, -0.1) is 5.10 Å². The summed E-state index contributed by atoms with van der Waals surface area (Å²) in [6.07, 6.45) is 7.89. The van der Waals surface area contributed by atoms with E-state index in [2.05, 4.69) is 19.9 Å². The Kier molecular flexibility index (Phi) is 5.78. The predicted molar refractivity (Wildman–Crippen MR) is 127 cm³/mol. The van der Waals surface area contributed by atoms with E-state index < -0.39 is 22.6 Å². The lowest BCUT2D eigenvalue weighted by Crippen LogP contribution is -2.50. The highest BCUT2D eigenvalue weighted by atomic mass is 32.2. The summed E-state index contributed by atoms with van der Waals surface area (Å²) in [4.78, 5) is 25.2. The molecule has 12 heteroatoms. The molecule has 0 saturated heterocycles. The van der Waals surface area contributed by atoms with Crippen LogP contribution in [-0.4, -0.2) is 46.7 Å². The quantitative estimate of drug-likeness (QED) is 0.422. The number of hydrogen-bond acceptors (Lipinski definition) is 9. The number of nitrogens with zero attached hydrogens (tertiary/aromatic N) is 6. The molecule has 0 radical (unpaired) electrons. The second-order valence-corrected chi connectivity index (χ2v) is 9.29. The van der Waals surface area contributed by atoms with Crippen molar-refractivity contribution in [1.82, 2.24) is 19.5 Å². The molecule has 1 saturated carbocycles. The first-order valence-corrected chi connectivity index (χ1v) is 12.3. The highest BCUT2D eigenvalue weighted by molar-refractivity contribution is 7.79. The van der Waals surface area contributed by atoms with Crippen LogP contribution in [-0.2, 0) is 26.2 Å². The molecule has 34 heavy (non-hydrogen) atoms. The lowest BCUT2D eigenvalue weighted by Gasteiger charge is -2.43. The Morgan fingerprint density at radius 1 is 1.24 bits per heavy atom. The number of rotatable bonds is 4. The van der Waals surface area contributed by atoms with Crippen LogP contribution in [0.25, 0.3) is 11.0 Å². The molecule has 1 fully saturated rings. The third-order valence-corrected chi connectivity index (χ3v) is 6.81. The van der Waals surface area contributed by atoms with Gasteiger partial charge >= 0.3 is 5.97 Å². The van der Waals surface area contributed by atoms with Crippen molar-refractivity contribution in [2.75, 3.05) is 16.9 Å². The third kappa shape index (κ3) is 3.82. The van der Waals surface area contributed by atoms with Crippen LogP contribution in [0.3, 0.4) is 0 Å². The topological polar surface area (TPSA) is 135 Å². The number of esters is 1. The third-order valence-electron chi connectivity index (χ3n) is 6.22. The average Bonchev–Trinajstić information content (AvgIpc) is 3.21. The molecule has 4 heterocycles. The molecule has 1 atom stereocenters. The molecule has 5 rings (SSSR count). The standard InChI is InChI=1S/C22H25N7O4S/c1-3-28-18-11-15-12-24-21(25-16-7-8-17(23-13-16)34(31)32)26-19(15)29(18)22(9-5-4-6-10-22)20(27-28)33-14(2)30/h7-8,11-13H,3-6,9-10H2,1-2H3,(H,31,32)(H,24,25,26). The van der Waals surface area contributed by atoms with Gasteiger partial charge in [-0.1, -0.05) is 19.3 Å². The van der Waals surface area contributed by atoms with Crippen molar-refractivity contribution in [1.29, 1.82) is 0 Å². The molecule has 3 aromatic heterocycles.